The Bertz CT molecular complexity index is 525. The molecule has 1 saturated carbocycles. The molecule has 2 rings (SSSR count). The van der Waals surface area contributed by atoms with Crippen LogP contribution in [-0.4, -0.2) is 41.5 Å². The van der Waals surface area contributed by atoms with Gasteiger partial charge >= 0.3 is 0 Å². The first kappa shape index (κ1) is 14.5. The molecule has 110 valence electrons. The number of ether oxygens (including phenoxy) is 1. The summed E-state index contributed by atoms with van der Waals surface area (Å²) in [6.07, 6.45) is 3.83. The molecule has 1 unspecified atom stereocenters. The Kier molecular flexibility index (Phi) is 4.73. The number of nitrogens with one attached hydrogen (secondary N) is 2. The molecular formula is C13H20N4O3. The third-order valence-corrected chi connectivity index (χ3v) is 2.94. The zero-order valence-electron chi connectivity index (χ0n) is 11.8. The molecule has 20 heavy (non-hydrogen) atoms. The highest BCUT2D eigenvalue weighted by molar-refractivity contribution is 5.75. The predicted octanol–water partition coefficient (Wildman–Crippen LogP) is -0.0313. The Hall–Kier alpha value is -1.89. The number of amides is 1. The standard InChI is InChI=1S/C13H20N4O3/c1-9(8-20-2)15-12(18)7-17-13(19)5-11(6-14-17)16-10-3-4-10/h5-6,9-10,16H,3-4,7-8H2,1-2H3,(H,15,18). The lowest BCUT2D eigenvalue weighted by Crippen LogP contribution is -2.40. The number of rotatable bonds is 7. The van der Waals surface area contributed by atoms with Gasteiger partial charge < -0.3 is 15.4 Å². The van der Waals surface area contributed by atoms with Gasteiger partial charge in [0, 0.05) is 25.3 Å². The second kappa shape index (κ2) is 6.51. The van der Waals surface area contributed by atoms with Crippen LogP contribution in [0.3, 0.4) is 0 Å². The van der Waals surface area contributed by atoms with Gasteiger partial charge in [-0.2, -0.15) is 5.10 Å². The highest BCUT2D eigenvalue weighted by Crippen LogP contribution is 2.23. The second-order valence-corrected chi connectivity index (χ2v) is 5.08. The van der Waals surface area contributed by atoms with Gasteiger partial charge in [0.1, 0.15) is 6.54 Å². The summed E-state index contributed by atoms with van der Waals surface area (Å²) < 4.78 is 6.08. The minimum atomic E-state index is -0.287. The van der Waals surface area contributed by atoms with E-state index in [4.69, 9.17) is 4.74 Å². The molecule has 0 radical (unpaired) electrons. The van der Waals surface area contributed by atoms with Crippen LogP contribution < -0.4 is 16.2 Å². The van der Waals surface area contributed by atoms with Crippen molar-refractivity contribution in [2.24, 2.45) is 0 Å². The van der Waals surface area contributed by atoms with Crippen LogP contribution in [0.5, 0.6) is 0 Å². The van der Waals surface area contributed by atoms with E-state index in [1.165, 1.54) is 6.07 Å². The van der Waals surface area contributed by atoms with Crippen molar-refractivity contribution < 1.29 is 9.53 Å². The number of hydrogen-bond acceptors (Lipinski definition) is 5. The summed E-state index contributed by atoms with van der Waals surface area (Å²) in [6.45, 7) is 2.18. The Labute approximate surface area is 117 Å². The Balaban J connectivity index is 1.91. The molecule has 7 nitrogen and oxygen atoms in total. The van der Waals surface area contributed by atoms with E-state index in [1.807, 2.05) is 6.92 Å². The van der Waals surface area contributed by atoms with E-state index in [-0.39, 0.29) is 24.1 Å². The first-order valence-corrected chi connectivity index (χ1v) is 6.70. The maximum atomic E-state index is 11.8. The minimum absolute atomic E-state index is 0.0867. The third-order valence-electron chi connectivity index (χ3n) is 2.94. The smallest absolute Gasteiger partial charge is 0.269 e. The Morgan fingerprint density at radius 1 is 1.60 bits per heavy atom. The van der Waals surface area contributed by atoms with Gasteiger partial charge in [-0.05, 0) is 19.8 Å². The summed E-state index contributed by atoms with van der Waals surface area (Å²) >= 11 is 0. The molecule has 1 fully saturated rings. The normalized spacial score (nSPS) is 15.7. The number of carbonyl (C=O) groups is 1. The van der Waals surface area contributed by atoms with Crippen molar-refractivity contribution in [3.05, 3.63) is 22.6 Å². The molecule has 1 aliphatic rings. The van der Waals surface area contributed by atoms with E-state index >= 15 is 0 Å². The molecule has 1 aromatic rings. The van der Waals surface area contributed by atoms with Gasteiger partial charge in [0.25, 0.3) is 5.56 Å². The number of nitrogens with zero attached hydrogens (tertiary/aromatic N) is 2. The molecule has 2 N–H and O–H groups in total. The van der Waals surface area contributed by atoms with E-state index in [0.717, 1.165) is 17.5 Å². The molecular weight excluding hydrogens is 260 g/mol. The molecule has 1 atom stereocenters. The summed E-state index contributed by atoms with van der Waals surface area (Å²) in [6, 6.07) is 1.83. The van der Waals surface area contributed by atoms with Crippen molar-refractivity contribution in [2.75, 3.05) is 19.0 Å². The van der Waals surface area contributed by atoms with Crippen LogP contribution >= 0.6 is 0 Å². The number of aromatic nitrogens is 2. The minimum Gasteiger partial charge on any atom is -0.383 e. The van der Waals surface area contributed by atoms with Gasteiger partial charge in [-0.1, -0.05) is 0 Å². The van der Waals surface area contributed by atoms with E-state index < -0.39 is 0 Å². The van der Waals surface area contributed by atoms with Crippen molar-refractivity contribution in [3.63, 3.8) is 0 Å². The largest absolute Gasteiger partial charge is 0.383 e. The van der Waals surface area contributed by atoms with Crippen LogP contribution in [0.4, 0.5) is 5.69 Å². The van der Waals surface area contributed by atoms with Gasteiger partial charge in [-0.25, -0.2) is 4.68 Å². The van der Waals surface area contributed by atoms with Crippen LogP contribution in [0.2, 0.25) is 0 Å². The summed E-state index contributed by atoms with van der Waals surface area (Å²) in [4.78, 5) is 23.6. The fourth-order valence-electron chi connectivity index (χ4n) is 1.84. The van der Waals surface area contributed by atoms with Crippen LogP contribution in [0.15, 0.2) is 17.1 Å². The fourth-order valence-corrected chi connectivity index (χ4v) is 1.84. The number of methoxy groups -OCH3 is 1. The third kappa shape index (κ3) is 4.34. The predicted molar refractivity (Wildman–Crippen MR) is 74.6 cm³/mol. The summed E-state index contributed by atoms with van der Waals surface area (Å²) in [5.41, 5.74) is 0.423. The lowest BCUT2D eigenvalue weighted by Gasteiger charge is -2.13. The molecule has 0 aromatic carbocycles. The van der Waals surface area contributed by atoms with Crippen molar-refractivity contribution in [2.45, 2.75) is 38.4 Å². The first-order chi connectivity index (χ1) is 9.58. The zero-order chi connectivity index (χ0) is 14.5. The van der Waals surface area contributed by atoms with Crippen LogP contribution in [0.1, 0.15) is 19.8 Å². The number of carbonyl (C=O) groups excluding carboxylic acids is 1. The van der Waals surface area contributed by atoms with Gasteiger partial charge in [0.2, 0.25) is 5.91 Å². The van der Waals surface area contributed by atoms with E-state index in [2.05, 4.69) is 15.7 Å². The van der Waals surface area contributed by atoms with E-state index in [9.17, 15) is 9.59 Å². The molecule has 1 aliphatic carbocycles. The van der Waals surface area contributed by atoms with Crippen molar-refractivity contribution in [1.29, 1.82) is 0 Å². The average Bonchev–Trinajstić information content (AvgIpc) is 3.17. The fraction of sp³-hybridized carbons (Fsp3) is 0.615. The maximum Gasteiger partial charge on any atom is 0.269 e. The topological polar surface area (TPSA) is 85.2 Å². The SMILES string of the molecule is COCC(C)NC(=O)Cn1ncc(NC2CC2)cc1=O. The van der Waals surface area contributed by atoms with Crippen molar-refractivity contribution >= 4 is 11.6 Å². The molecule has 0 bridgehead atoms. The number of anilines is 1. The van der Waals surface area contributed by atoms with Gasteiger partial charge in [0.05, 0.1) is 18.5 Å². The van der Waals surface area contributed by atoms with Gasteiger partial charge in [0.15, 0.2) is 0 Å². The van der Waals surface area contributed by atoms with Crippen LogP contribution in [-0.2, 0) is 16.1 Å². The number of hydrogen-bond donors (Lipinski definition) is 2. The van der Waals surface area contributed by atoms with Crippen LogP contribution in [0, 0.1) is 0 Å². The molecule has 0 aliphatic heterocycles. The Morgan fingerprint density at radius 3 is 2.95 bits per heavy atom. The van der Waals surface area contributed by atoms with Gasteiger partial charge in [-0.3, -0.25) is 9.59 Å². The maximum absolute atomic E-state index is 11.8. The van der Waals surface area contributed by atoms with Crippen molar-refractivity contribution in [3.8, 4) is 0 Å². The lowest BCUT2D eigenvalue weighted by molar-refractivity contribution is -0.122. The second-order valence-electron chi connectivity index (χ2n) is 5.08. The summed E-state index contributed by atoms with van der Waals surface area (Å²) in [5.74, 6) is -0.257. The quantitative estimate of drug-likeness (QED) is 0.732. The average molecular weight is 280 g/mol. The molecule has 0 spiro atoms. The van der Waals surface area contributed by atoms with E-state index in [0.29, 0.717) is 18.3 Å². The highest BCUT2D eigenvalue weighted by atomic mass is 16.5. The molecule has 7 heteroatoms. The van der Waals surface area contributed by atoms with Crippen LogP contribution in [0.25, 0.3) is 0 Å². The lowest BCUT2D eigenvalue weighted by atomic mass is 10.3. The monoisotopic (exact) mass is 280 g/mol. The Morgan fingerprint density at radius 2 is 2.35 bits per heavy atom. The molecule has 0 saturated heterocycles. The molecule has 1 aromatic heterocycles. The highest BCUT2D eigenvalue weighted by Gasteiger charge is 2.21. The first-order valence-electron chi connectivity index (χ1n) is 6.70. The zero-order valence-corrected chi connectivity index (χ0v) is 11.8. The molecule has 1 amide bonds. The van der Waals surface area contributed by atoms with Crippen molar-refractivity contribution in [1.82, 2.24) is 15.1 Å². The summed E-state index contributed by atoms with van der Waals surface area (Å²) in [7, 11) is 1.57. The molecule has 1 heterocycles. The summed E-state index contributed by atoms with van der Waals surface area (Å²) in [5, 5.41) is 9.93. The van der Waals surface area contributed by atoms with Gasteiger partial charge in [-0.15, -0.1) is 0 Å². The van der Waals surface area contributed by atoms with E-state index in [1.54, 1.807) is 13.3 Å².